The first kappa shape index (κ1) is 13.1. The molecule has 0 bridgehead atoms. The van der Waals surface area contributed by atoms with Crippen LogP contribution in [0, 0.1) is 6.92 Å². The lowest BCUT2D eigenvalue weighted by Crippen LogP contribution is -2.17. The second kappa shape index (κ2) is 4.90. The molecule has 0 radical (unpaired) electrons. The standard InChI is InChI=1S/C15H15N5O/c1-9-12(16)14(20(2)19-9)18-15(21)13-11-6-4-3-5-10(11)7-8-17-13/h3-8H,16H2,1-2H3,(H,18,21). The smallest absolute Gasteiger partial charge is 0.276 e. The van der Waals surface area contributed by atoms with Crippen LogP contribution in [-0.4, -0.2) is 20.7 Å². The van der Waals surface area contributed by atoms with Crippen LogP contribution in [0.25, 0.3) is 10.8 Å². The summed E-state index contributed by atoms with van der Waals surface area (Å²) < 4.78 is 1.55. The highest BCUT2D eigenvalue weighted by molar-refractivity contribution is 6.11. The number of hydrogen-bond donors (Lipinski definition) is 2. The van der Waals surface area contributed by atoms with Gasteiger partial charge >= 0.3 is 0 Å². The number of nitrogens with two attached hydrogens (primary N) is 1. The number of nitrogen functional groups attached to an aromatic ring is 1. The maximum absolute atomic E-state index is 12.5. The number of aryl methyl sites for hydroxylation is 2. The van der Waals surface area contributed by atoms with Crippen molar-refractivity contribution >= 4 is 28.2 Å². The molecule has 1 amide bonds. The molecule has 0 aliphatic heterocycles. The van der Waals surface area contributed by atoms with E-state index in [1.165, 1.54) is 0 Å². The van der Waals surface area contributed by atoms with Gasteiger partial charge in [0.25, 0.3) is 5.91 Å². The van der Waals surface area contributed by atoms with Crippen molar-refractivity contribution in [2.24, 2.45) is 7.05 Å². The number of carbonyl (C=O) groups is 1. The van der Waals surface area contributed by atoms with Gasteiger partial charge in [-0.05, 0) is 18.4 Å². The molecule has 0 spiro atoms. The Balaban J connectivity index is 2.02. The number of nitrogens with one attached hydrogen (secondary N) is 1. The van der Waals surface area contributed by atoms with Gasteiger partial charge in [0.2, 0.25) is 0 Å². The molecule has 2 aromatic heterocycles. The Hall–Kier alpha value is -2.89. The van der Waals surface area contributed by atoms with E-state index >= 15 is 0 Å². The molecule has 106 valence electrons. The quantitative estimate of drug-likeness (QED) is 0.753. The predicted molar refractivity (Wildman–Crippen MR) is 82.1 cm³/mol. The zero-order valence-corrected chi connectivity index (χ0v) is 11.8. The van der Waals surface area contributed by atoms with Crippen molar-refractivity contribution in [3.63, 3.8) is 0 Å². The monoisotopic (exact) mass is 281 g/mol. The maximum atomic E-state index is 12.5. The Morgan fingerprint density at radius 2 is 2.05 bits per heavy atom. The SMILES string of the molecule is Cc1nn(C)c(NC(=O)c2nccc3ccccc23)c1N. The van der Waals surface area contributed by atoms with E-state index in [-0.39, 0.29) is 5.91 Å². The van der Waals surface area contributed by atoms with Gasteiger partial charge < -0.3 is 11.1 Å². The number of benzene rings is 1. The number of aromatic nitrogens is 3. The van der Waals surface area contributed by atoms with Crippen molar-refractivity contribution in [3.05, 3.63) is 47.9 Å². The van der Waals surface area contributed by atoms with E-state index in [1.54, 1.807) is 24.9 Å². The van der Waals surface area contributed by atoms with E-state index in [4.69, 9.17) is 5.73 Å². The van der Waals surface area contributed by atoms with Crippen molar-refractivity contribution in [2.75, 3.05) is 11.1 Å². The van der Waals surface area contributed by atoms with Crippen LogP contribution in [0.15, 0.2) is 36.5 Å². The fraction of sp³-hybridized carbons (Fsp3) is 0.133. The molecule has 21 heavy (non-hydrogen) atoms. The summed E-state index contributed by atoms with van der Waals surface area (Å²) in [7, 11) is 1.73. The lowest BCUT2D eigenvalue weighted by Gasteiger charge is -2.08. The summed E-state index contributed by atoms with van der Waals surface area (Å²) in [4.78, 5) is 16.7. The van der Waals surface area contributed by atoms with Crippen molar-refractivity contribution in [2.45, 2.75) is 6.92 Å². The molecule has 3 aromatic rings. The third-order valence-corrected chi connectivity index (χ3v) is 3.39. The van der Waals surface area contributed by atoms with Crippen LogP contribution >= 0.6 is 0 Å². The van der Waals surface area contributed by atoms with Crippen LogP contribution < -0.4 is 11.1 Å². The summed E-state index contributed by atoms with van der Waals surface area (Å²) in [6.45, 7) is 1.79. The lowest BCUT2D eigenvalue weighted by molar-refractivity contribution is 0.102. The van der Waals surface area contributed by atoms with Crippen LogP contribution in [0.5, 0.6) is 0 Å². The van der Waals surface area contributed by atoms with E-state index in [9.17, 15) is 4.79 Å². The number of carbonyl (C=O) groups excluding carboxylic acids is 1. The largest absolute Gasteiger partial charge is 0.394 e. The number of nitrogens with zero attached hydrogens (tertiary/aromatic N) is 3. The number of hydrogen-bond acceptors (Lipinski definition) is 4. The molecule has 0 aliphatic carbocycles. The van der Waals surface area contributed by atoms with E-state index < -0.39 is 0 Å². The molecule has 1 aromatic carbocycles. The fourth-order valence-electron chi connectivity index (χ4n) is 2.29. The molecular weight excluding hydrogens is 266 g/mol. The highest BCUT2D eigenvalue weighted by Gasteiger charge is 2.16. The summed E-state index contributed by atoms with van der Waals surface area (Å²) in [6.07, 6.45) is 1.62. The third-order valence-electron chi connectivity index (χ3n) is 3.39. The van der Waals surface area contributed by atoms with E-state index in [0.29, 0.717) is 22.9 Å². The Morgan fingerprint density at radius 3 is 2.76 bits per heavy atom. The predicted octanol–water partition coefficient (Wildman–Crippen LogP) is 2.11. The minimum absolute atomic E-state index is 0.304. The Morgan fingerprint density at radius 1 is 1.29 bits per heavy atom. The number of rotatable bonds is 2. The minimum atomic E-state index is -0.304. The molecule has 3 N–H and O–H groups in total. The van der Waals surface area contributed by atoms with Gasteiger partial charge in [-0.15, -0.1) is 0 Å². The number of fused-ring (bicyclic) bond motifs is 1. The molecule has 0 unspecified atom stereocenters. The van der Waals surface area contributed by atoms with Gasteiger partial charge in [-0.3, -0.25) is 14.5 Å². The van der Waals surface area contributed by atoms with Crippen LogP contribution in [0.2, 0.25) is 0 Å². The zero-order chi connectivity index (χ0) is 15.0. The molecule has 3 rings (SSSR count). The average molecular weight is 281 g/mol. The van der Waals surface area contributed by atoms with Crippen molar-refractivity contribution < 1.29 is 4.79 Å². The molecule has 6 nitrogen and oxygen atoms in total. The highest BCUT2D eigenvalue weighted by atomic mass is 16.2. The van der Waals surface area contributed by atoms with E-state index in [0.717, 1.165) is 10.8 Å². The Kier molecular flexibility index (Phi) is 3.06. The summed E-state index contributed by atoms with van der Waals surface area (Å²) in [5.74, 6) is 0.175. The number of amides is 1. The van der Waals surface area contributed by atoms with Gasteiger partial charge in [-0.2, -0.15) is 5.10 Å². The zero-order valence-electron chi connectivity index (χ0n) is 11.8. The second-order valence-electron chi connectivity index (χ2n) is 4.81. The summed E-state index contributed by atoms with van der Waals surface area (Å²) in [5.41, 5.74) is 7.43. The summed E-state index contributed by atoms with van der Waals surface area (Å²) >= 11 is 0. The molecule has 0 aliphatic rings. The number of anilines is 2. The van der Waals surface area contributed by atoms with Crippen molar-refractivity contribution in [3.8, 4) is 0 Å². The first-order valence-corrected chi connectivity index (χ1v) is 6.52. The van der Waals surface area contributed by atoms with Crippen molar-refractivity contribution in [1.82, 2.24) is 14.8 Å². The van der Waals surface area contributed by atoms with Gasteiger partial charge in [-0.25, -0.2) is 0 Å². The minimum Gasteiger partial charge on any atom is -0.394 e. The third kappa shape index (κ3) is 2.20. The molecular formula is C15H15N5O. The molecule has 0 saturated heterocycles. The molecule has 0 atom stereocenters. The van der Waals surface area contributed by atoms with Crippen LogP contribution in [0.1, 0.15) is 16.2 Å². The Labute approximate surface area is 121 Å². The Bertz CT molecular complexity index is 832. The number of pyridine rings is 1. The first-order chi connectivity index (χ1) is 10.1. The second-order valence-corrected chi connectivity index (χ2v) is 4.81. The summed E-state index contributed by atoms with van der Waals surface area (Å²) in [5, 5.41) is 8.72. The fourth-order valence-corrected chi connectivity index (χ4v) is 2.29. The maximum Gasteiger partial charge on any atom is 0.276 e. The molecule has 0 saturated carbocycles. The van der Waals surface area contributed by atoms with Gasteiger partial charge in [-0.1, -0.05) is 24.3 Å². The first-order valence-electron chi connectivity index (χ1n) is 6.52. The molecule has 0 fully saturated rings. The highest BCUT2D eigenvalue weighted by Crippen LogP contribution is 2.23. The average Bonchev–Trinajstić information content (AvgIpc) is 2.73. The topological polar surface area (TPSA) is 85.8 Å². The lowest BCUT2D eigenvalue weighted by atomic mass is 10.1. The summed E-state index contributed by atoms with van der Waals surface area (Å²) in [6, 6.07) is 9.48. The van der Waals surface area contributed by atoms with Crippen LogP contribution in [0.3, 0.4) is 0 Å². The van der Waals surface area contributed by atoms with Gasteiger partial charge in [0.15, 0.2) is 5.82 Å². The van der Waals surface area contributed by atoms with E-state index in [2.05, 4.69) is 15.4 Å². The molecule has 6 heteroatoms. The van der Waals surface area contributed by atoms with Crippen LogP contribution in [-0.2, 0) is 7.05 Å². The van der Waals surface area contributed by atoms with Gasteiger partial charge in [0.1, 0.15) is 5.69 Å². The normalized spacial score (nSPS) is 10.8. The van der Waals surface area contributed by atoms with Crippen LogP contribution in [0.4, 0.5) is 11.5 Å². The van der Waals surface area contributed by atoms with Gasteiger partial charge in [0.05, 0.1) is 11.4 Å². The van der Waals surface area contributed by atoms with Gasteiger partial charge in [0, 0.05) is 18.6 Å². The van der Waals surface area contributed by atoms with Crippen molar-refractivity contribution in [1.29, 1.82) is 0 Å². The van der Waals surface area contributed by atoms with E-state index in [1.807, 2.05) is 30.3 Å². The molecule has 2 heterocycles.